The second kappa shape index (κ2) is 6.26. The zero-order valence-electron chi connectivity index (χ0n) is 10.0. The van der Waals surface area contributed by atoms with Crippen molar-refractivity contribution in [1.82, 2.24) is 0 Å². The van der Waals surface area contributed by atoms with E-state index in [1.165, 1.54) is 0 Å². The first-order valence-corrected chi connectivity index (χ1v) is 5.93. The molecule has 0 amide bonds. The second-order valence-corrected chi connectivity index (χ2v) is 4.13. The molecule has 0 bridgehead atoms. The number of ether oxygens (including phenoxy) is 3. The van der Waals surface area contributed by atoms with Crippen LogP contribution >= 0.6 is 0 Å². The van der Waals surface area contributed by atoms with Crippen LogP contribution in [0.5, 0.6) is 5.75 Å². The lowest BCUT2D eigenvalue weighted by atomic mass is 10.2. The second-order valence-electron chi connectivity index (χ2n) is 4.13. The molecule has 0 spiro atoms. The minimum Gasteiger partial charge on any atom is -0.508 e. The van der Waals surface area contributed by atoms with Crippen molar-refractivity contribution < 1.29 is 24.1 Å². The largest absolute Gasteiger partial charge is 0.508 e. The molecular weight excluding hydrogens is 236 g/mol. The number of carbonyl (C=O) groups is 1. The van der Waals surface area contributed by atoms with Crippen LogP contribution in [-0.4, -0.2) is 30.6 Å². The molecule has 0 radical (unpaired) electrons. The SMILES string of the molecule is O=C(OCc1ccc(O)cc1)OC1CCOCC1. The Morgan fingerprint density at radius 1 is 1.28 bits per heavy atom. The molecule has 0 aromatic heterocycles. The summed E-state index contributed by atoms with van der Waals surface area (Å²) in [4.78, 5) is 11.4. The monoisotopic (exact) mass is 252 g/mol. The van der Waals surface area contributed by atoms with E-state index in [1.54, 1.807) is 24.3 Å². The van der Waals surface area contributed by atoms with E-state index in [0.717, 1.165) is 5.56 Å². The number of phenols is 1. The molecule has 1 aliphatic rings. The van der Waals surface area contributed by atoms with Gasteiger partial charge in [-0.2, -0.15) is 0 Å². The van der Waals surface area contributed by atoms with E-state index in [2.05, 4.69) is 0 Å². The minimum atomic E-state index is -0.657. The van der Waals surface area contributed by atoms with Crippen molar-refractivity contribution in [3.63, 3.8) is 0 Å². The number of carbonyl (C=O) groups excluding carboxylic acids is 1. The Bertz CT molecular complexity index is 381. The first-order valence-electron chi connectivity index (χ1n) is 5.93. The van der Waals surface area contributed by atoms with Gasteiger partial charge in [0.05, 0.1) is 13.2 Å². The summed E-state index contributed by atoms with van der Waals surface area (Å²) in [7, 11) is 0. The van der Waals surface area contributed by atoms with Crippen LogP contribution in [-0.2, 0) is 20.8 Å². The van der Waals surface area contributed by atoms with E-state index >= 15 is 0 Å². The van der Waals surface area contributed by atoms with Crippen LogP contribution in [0.4, 0.5) is 4.79 Å². The summed E-state index contributed by atoms with van der Waals surface area (Å²) in [5.41, 5.74) is 0.803. The van der Waals surface area contributed by atoms with Crippen LogP contribution in [0.25, 0.3) is 0 Å². The molecule has 18 heavy (non-hydrogen) atoms. The van der Waals surface area contributed by atoms with Crippen LogP contribution in [0, 0.1) is 0 Å². The van der Waals surface area contributed by atoms with Crippen molar-refractivity contribution in [2.24, 2.45) is 0 Å². The fourth-order valence-corrected chi connectivity index (χ4v) is 1.70. The highest BCUT2D eigenvalue weighted by Crippen LogP contribution is 2.13. The first kappa shape index (κ1) is 12.7. The molecule has 0 aliphatic carbocycles. The molecule has 0 atom stereocenters. The summed E-state index contributed by atoms with van der Waals surface area (Å²) >= 11 is 0. The summed E-state index contributed by atoms with van der Waals surface area (Å²) in [5, 5.41) is 9.11. The van der Waals surface area contributed by atoms with Gasteiger partial charge in [0.25, 0.3) is 0 Å². The summed E-state index contributed by atoms with van der Waals surface area (Å²) in [5.74, 6) is 0.184. The molecule has 98 valence electrons. The highest BCUT2D eigenvalue weighted by atomic mass is 16.7. The van der Waals surface area contributed by atoms with Crippen LogP contribution in [0.15, 0.2) is 24.3 Å². The van der Waals surface area contributed by atoms with Crippen molar-refractivity contribution in [2.45, 2.75) is 25.6 Å². The third-order valence-corrected chi connectivity index (χ3v) is 2.72. The Labute approximate surface area is 105 Å². The number of aromatic hydroxyl groups is 1. The predicted molar refractivity (Wildman–Crippen MR) is 63.2 cm³/mol. The van der Waals surface area contributed by atoms with Gasteiger partial charge < -0.3 is 19.3 Å². The molecule has 1 saturated heterocycles. The van der Waals surface area contributed by atoms with Crippen molar-refractivity contribution in [3.8, 4) is 5.75 Å². The van der Waals surface area contributed by atoms with E-state index in [-0.39, 0.29) is 18.5 Å². The smallest absolute Gasteiger partial charge is 0.508 e. The van der Waals surface area contributed by atoms with Gasteiger partial charge in [-0.05, 0) is 17.7 Å². The summed E-state index contributed by atoms with van der Waals surface area (Å²) in [6.45, 7) is 1.38. The number of benzene rings is 1. The molecule has 1 N–H and O–H groups in total. The zero-order valence-corrected chi connectivity index (χ0v) is 10.0. The summed E-state index contributed by atoms with van der Waals surface area (Å²) in [6.07, 6.45) is 0.670. The van der Waals surface area contributed by atoms with Gasteiger partial charge in [-0.3, -0.25) is 0 Å². The zero-order chi connectivity index (χ0) is 12.8. The molecule has 0 unspecified atom stereocenters. The van der Waals surface area contributed by atoms with Crippen LogP contribution in [0.2, 0.25) is 0 Å². The van der Waals surface area contributed by atoms with Gasteiger partial charge in [-0.1, -0.05) is 12.1 Å². The lowest BCUT2D eigenvalue weighted by molar-refractivity contribution is -0.0298. The van der Waals surface area contributed by atoms with Gasteiger partial charge >= 0.3 is 6.16 Å². The average Bonchev–Trinajstić information content (AvgIpc) is 2.39. The predicted octanol–water partition coefficient (Wildman–Crippen LogP) is 2.22. The molecule has 2 rings (SSSR count). The lowest BCUT2D eigenvalue weighted by Crippen LogP contribution is -2.26. The number of hydrogen-bond donors (Lipinski definition) is 1. The van der Waals surface area contributed by atoms with E-state index in [4.69, 9.17) is 19.3 Å². The molecule has 1 heterocycles. The molecule has 1 aromatic rings. The number of phenolic OH excluding ortho intramolecular Hbond substituents is 1. The average molecular weight is 252 g/mol. The maximum Gasteiger partial charge on any atom is 0.508 e. The van der Waals surface area contributed by atoms with Crippen molar-refractivity contribution in [3.05, 3.63) is 29.8 Å². The molecule has 0 saturated carbocycles. The normalized spacial score (nSPS) is 16.2. The molecule has 1 aliphatic heterocycles. The maximum absolute atomic E-state index is 11.4. The number of rotatable bonds is 3. The molecule has 5 nitrogen and oxygen atoms in total. The summed E-state index contributed by atoms with van der Waals surface area (Å²) in [6, 6.07) is 6.47. The van der Waals surface area contributed by atoms with E-state index in [9.17, 15) is 4.79 Å². The Morgan fingerprint density at radius 3 is 2.61 bits per heavy atom. The molecular formula is C13H16O5. The van der Waals surface area contributed by atoms with Gasteiger partial charge in [-0.25, -0.2) is 4.79 Å². The van der Waals surface area contributed by atoms with Crippen molar-refractivity contribution >= 4 is 6.16 Å². The van der Waals surface area contributed by atoms with E-state index < -0.39 is 6.16 Å². The Balaban J connectivity index is 1.72. The topological polar surface area (TPSA) is 65.0 Å². The molecule has 1 aromatic carbocycles. The third-order valence-electron chi connectivity index (χ3n) is 2.72. The molecule has 1 fully saturated rings. The highest BCUT2D eigenvalue weighted by molar-refractivity contribution is 5.60. The van der Waals surface area contributed by atoms with Gasteiger partial charge in [0.2, 0.25) is 0 Å². The van der Waals surface area contributed by atoms with Gasteiger partial charge in [0, 0.05) is 12.8 Å². The van der Waals surface area contributed by atoms with Crippen molar-refractivity contribution in [1.29, 1.82) is 0 Å². The Morgan fingerprint density at radius 2 is 1.94 bits per heavy atom. The van der Waals surface area contributed by atoms with Gasteiger partial charge in [-0.15, -0.1) is 0 Å². The van der Waals surface area contributed by atoms with E-state index in [1.807, 2.05) is 0 Å². The van der Waals surface area contributed by atoms with Crippen LogP contribution < -0.4 is 0 Å². The van der Waals surface area contributed by atoms with Crippen molar-refractivity contribution in [2.75, 3.05) is 13.2 Å². The van der Waals surface area contributed by atoms with E-state index in [0.29, 0.717) is 26.1 Å². The van der Waals surface area contributed by atoms with Gasteiger partial charge in [0.15, 0.2) is 0 Å². The first-order chi connectivity index (χ1) is 8.74. The third kappa shape index (κ3) is 3.92. The minimum absolute atomic E-state index is 0.105. The standard InChI is InChI=1S/C13H16O5/c14-11-3-1-10(2-4-11)9-17-13(15)18-12-5-7-16-8-6-12/h1-4,12,14H,5-9H2. The lowest BCUT2D eigenvalue weighted by Gasteiger charge is -2.21. The fourth-order valence-electron chi connectivity index (χ4n) is 1.70. The summed E-state index contributed by atoms with van der Waals surface area (Å²) < 4.78 is 15.3. The van der Waals surface area contributed by atoms with Crippen LogP contribution in [0.1, 0.15) is 18.4 Å². The maximum atomic E-state index is 11.4. The fraction of sp³-hybridized carbons (Fsp3) is 0.462. The van der Waals surface area contributed by atoms with Crippen LogP contribution in [0.3, 0.4) is 0 Å². The Hall–Kier alpha value is -1.75. The molecule has 5 heteroatoms. The highest BCUT2D eigenvalue weighted by Gasteiger charge is 2.18. The quantitative estimate of drug-likeness (QED) is 0.835. The number of hydrogen-bond acceptors (Lipinski definition) is 5. The Kier molecular flexibility index (Phi) is 4.41. The van der Waals surface area contributed by atoms with Gasteiger partial charge in [0.1, 0.15) is 18.5 Å².